The molecule has 0 spiro atoms. The fraction of sp³-hybridized carbons (Fsp3) is 0.800. The maximum Gasteiger partial charge on any atom is 0.239 e. The van der Waals surface area contributed by atoms with E-state index in [2.05, 4.69) is 6.07 Å². The molecule has 2 N–H and O–H groups in total. The standard InChI is InChI=1S/C10H15N3O/c11-5-7-3-4-13(6-7)10(14)9(12)8-1-2-8/h7-9H,1-4,6,12H2/t7-,9+/m0/s1. The predicted octanol–water partition coefficient (Wildman–Crippen LogP) is 0.0958. The molecule has 76 valence electrons. The molecule has 1 amide bonds. The summed E-state index contributed by atoms with van der Waals surface area (Å²) in [4.78, 5) is 13.5. The average Bonchev–Trinajstić information content (AvgIpc) is 2.94. The van der Waals surface area contributed by atoms with Crippen LogP contribution in [0.4, 0.5) is 0 Å². The zero-order valence-electron chi connectivity index (χ0n) is 8.15. The van der Waals surface area contributed by atoms with Crippen molar-refractivity contribution in [2.75, 3.05) is 13.1 Å². The lowest BCUT2D eigenvalue weighted by Crippen LogP contribution is -2.43. The number of hydrogen-bond acceptors (Lipinski definition) is 3. The highest BCUT2D eigenvalue weighted by Crippen LogP contribution is 2.32. The third-order valence-electron chi connectivity index (χ3n) is 3.10. The van der Waals surface area contributed by atoms with Gasteiger partial charge in [0.1, 0.15) is 0 Å². The van der Waals surface area contributed by atoms with Crippen LogP contribution in [0.15, 0.2) is 0 Å². The molecular formula is C10H15N3O. The second-order valence-corrected chi connectivity index (χ2v) is 4.26. The van der Waals surface area contributed by atoms with Crippen molar-refractivity contribution in [2.45, 2.75) is 25.3 Å². The van der Waals surface area contributed by atoms with E-state index in [0.717, 1.165) is 19.3 Å². The van der Waals surface area contributed by atoms with Gasteiger partial charge in [-0.15, -0.1) is 0 Å². The lowest BCUT2D eigenvalue weighted by atomic mass is 10.1. The molecule has 4 nitrogen and oxygen atoms in total. The SMILES string of the molecule is N#C[C@@H]1CCN(C(=O)[C@H](N)C2CC2)C1. The highest BCUT2D eigenvalue weighted by atomic mass is 16.2. The number of rotatable bonds is 2. The van der Waals surface area contributed by atoms with Crippen molar-refractivity contribution in [3.63, 3.8) is 0 Å². The molecule has 2 rings (SSSR count). The molecule has 1 aliphatic heterocycles. The number of nitrogens with two attached hydrogens (primary N) is 1. The summed E-state index contributed by atoms with van der Waals surface area (Å²) in [6, 6.07) is 1.89. The Bertz CT molecular complexity index is 280. The Balaban J connectivity index is 1.89. The number of hydrogen-bond donors (Lipinski definition) is 1. The molecule has 0 aromatic rings. The Morgan fingerprint density at radius 1 is 1.50 bits per heavy atom. The molecule has 1 saturated carbocycles. The molecule has 2 aliphatic rings. The third-order valence-corrected chi connectivity index (χ3v) is 3.10. The number of nitrogens with zero attached hydrogens (tertiary/aromatic N) is 2. The minimum absolute atomic E-state index is 0.0188. The van der Waals surface area contributed by atoms with E-state index in [4.69, 9.17) is 11.0 Å². The smallest absolute Gasteiger partial charge is 0.239 e. The highest BCUT2D eigenvalue weighted by Gasteiger charge is 2.37. The molecular weight excluding hydrogens is 178 g/mol. The molecule has 1 saturated heterocycles. The quantitative estimate of drug-likeness (QED) is 0.676. The van der Waals surface area contributed by atoms with E-state index in [1.54, 1.807) is 4.90 Å². The molecule has 0 aromatic heterocycles. The molecule has 0 radical (unpaired) electrons. The van der Waals surface area contributed by atoms with Crippen LogP contribution in [0.2, 0.25) is 0 Å². The summed E-state index contributed by atoms with van der Waals surface area (Å²) in [6.07, 6.45) is 2.98. The van der Waals surface area contributed by atoms with E-state index >= 15 is 0 Å². The second-order valence-electron chi connectivity index (χ2n) is 4.26. The number of carbonyl (C=O) groups is 1. The first-order chi connectivity index (χ1) is 6.72. The first kappa shape index (κ1) is 9.47. The van der Waals surface area contributed by atoms with Gasteiger partial charge < -0.3 is 10.6 Å². The maximum atomic E-state index is 11.8. The summed E-state index contributed by atoms with van der Waals surface area (Å²) < 4.78 is 0. The number of nitriles is 1. The van der Waals surface area contributed by atoms with Crippen molar-refractivity contribution in [2.24, 2.45) is 17.6 Å². The van der Waals surface area contributed by atoms with Gasteiger partial charge in [0.2, 0.25) is 5.91 Å². The van der Waals surface area contributed by atoms with Crippen LogP contribution in [0.1, 0.15) is 19.3 Å². The molecule has 0 aromatic carbocycles. The third kappa shape index (κ3) is 1.73. The van der Waals surface area contributed by atoms with Crippen LogP contribution >= 0.6 is 0 Å². The lowest BCUT2D eigenvalue weighted by molar-refractivity contribution is -0.132. The Morgan fingerprint density at radius 3 is 2.71 bits per heavy atom. The summed E-state index contributed by atoms with van der Waals surface area (Å²) in [6.45, 7) is 1.28. The van der Waals surface area contributed by atoms with Crippen LogP contribution in [0.25, 0.3) is 0 Å². The van der Waals surface area contributed by atoms with E-state index in [1.165, 1.54) is 0 Å². The largest absolute Gasteiger partial charge is 0.340 e. The van der Waals surface area contributed by atoms with Gasteiger partial charge >= 0.3 is 0 Å². The lowest BCUT2D eigenvalue weighted by Gasteiger charge is -2.19. The minimum atomic E-state index is -0.313. The minimum Gasteiger partial charge on any atom is -0.340 e. The molecule has 1 heterocycles. The predicted molar refractivity (Wildman–Crippen MR) is 51.0 cm³/mol. The first-order valence-electron chi connectivity index (χ1n) is 5.16. The summed E-state index contributed by atoms with van der Waals surface area (Å²) in [7, 11) is 0. The molecule has 0 unspecified atom stereocenters. The van der Waals surface area contributed by atoms with Crippen LogP contribution in [-0.4, -0.2) is 29.9 Å². The van der Waals surface area contributed by atoms with E-state index in [-0.39, 0.29) is 17.9 Å². The Kier molecular flexibility index (Phi) is 2.42. The van der Waals surface area contributed by atoms with Gasteiger partial charge in [-0.25, -0.2) is 0 Å². The zero-order chi connectivity index (χ0) is 10.1. The van der Waals surface area contributed by atoms with Gasteiger partial charge in [-0.3, -0.25) is 4.79 Å². The topological polar surface area (TPSA) is 70.1 Å². The van der Waals surface area contributed by atoms with Crippen molar-refractivity contribution >= 4 is 5.91 Å². The van der Waals surface area contributed by atoms with Crippen molar-refractivity contribution in [1.29, 1.82) is 5.26 Å². The van der Waals surface area contributed by atoms with E-state index in [9.17, 15) is 4.79 Å². The fourth-order valence-corrected chi connectivity index (χ4v) is 1.93. The summed E-state index contributed by atoms with van der Waals surface area (Å²) in [5, 5.41) is 8.71. The van der Waals surface area contributed by atoms with Gasteiger partial charge in [-0.05, 0) is 25.2 Å². The maximum absolute atomic E-state index is 11.8. The Hall–Kier alpha value is -1.08. The normalized spacial score (nSPS) is 28.6. The molecule has 2 fully saturated rings. The van der Waals surface area contributed by atoms with Crippen LogP contribution < -0.4 is 5.73 Å². The highest BCUT2D eigenvalue weighted by molar-refractivity contribution is 5.82. The van der Waals surface area contributed by atoms with Gasteiger partial charge in [-0.1, -0.05) is 0 Å². The van der Waals surface area contributed by atoms with Crippen LogP contribution in [-0.2, 0) is 4.79 Å². The van der Waals surface area contributed by atoms with Crippen LogP contribution in [0.5, 0.6) is 0 Å². The molecule has 4 heteroatoms. The van der Waals surface area contributed by atoms with Crippen molar-refractivity contribution in [3.05, 3.63) is 0 Å². The second kappa shape index (κ2) is 3.58. The molecule has 0 bridgehead atoms. The first-order valence-corrected chi connectivity index (χ1v) is 5.16. The van der Waals surface area contributed by atoms with Gasteiger partial charge in [0.15, 0.2) is 0 Å². The zero-order valence-corrected chi connectivity index (χ0v) is 8.15. The van der Waals surface area contributed by atoms with E-state index in [0.29, 0.717) is 19.0 Å². The van der Waals surface area contributed by atoms with Gasteiger partial charge in [0, 0.05) is 13.1 Å². The van der Waals surface area contributed by atoms with Crippen molar-refractivity contribution in [3.8, 4) is 6.07 Å². The van der Waals surface area contributed by atoms with E-state index < -0.39 is 0 Å². The molecule has 14 heavy (non-hydrogen) atoms. The Morgan fingerprint density at radius 2 is 2.21 bits per heavy atom. The number of likely N-dealkylation sites (tertiary alicyclic amines) is 1. The van der Waals surface area contributed by atoms with Crippen molar-refractivity contribution in [1.82, 2.24) is 4.90 Å². The van der Waals surface area contributed by atoms with Crippen LogP contribution in [0, 0.1) is 23.2 Å². The van der Waals surface area contributed by atoms with Gasteiger partial charge in [0.25, 0.3) is 0 Å². The summed E-state index contributed by atoms with van der Waals surface area (Å²) in [5.41, 5.74) is 5.82. The van der Waals surface area contributed by atoms with Crippen molar-refractivity contribution < 1.29 is 4.79 Å². The molecule has 1 aliphatic carbocycles. The monoisotopic (exact) mass is 193 g/mol. The number of amides is 1. The average molecular weight is 193 g/mol. The van der Waals surface area contributed by atoms with Crippen LogP contribution in [0.3, 0.4) is 0 Å². The van der Waals surface area contributed by atoms with E-state index in [1.807, 2.05) is 0 Å². The summed E-state index contributed by atoms with van der Waals surface area (Å²) >= 11 is 0. The molecule has 2 atom stereocenters. The number of carbonyl (C=O) groups excluding carboxylic acids is 1. The fourth-order valence-electron chi connectivity index (χ4n) is 1.93. The van der Waals surface area contributed by atoms with Gasteiger partial charge in [0.05, 0.1) is 18.0 Å². The summed E-state index contributed by atoms with van der Waals surface area (Å²) in [5.74, 6) is 0.472. The Labute approximate surface area is 83.7 Å². The van der Waals surface area contributed by atoms with Gasteiger partial charge in [-0.2, -0.15) is 5.26 Å².